The van der Waals surface area contributed by atoms with Crippen LogP contribution in [0, 0.1) is 0 Å². The molecule has 0 radical (unpaired) electrons. The monoisotopic (exact) mass is 314 g/mol. The van der Waals surface area contributed by atoms with Gasteiger partial charge in [-0.3, -0.25) is 0 Å². The number of nitrogens with one attached hydrogen (secondary N) is 2. The fourth-order valence-corrected chi connectivity index (χ4v) is 3.32. The Morgan fingerprint density at radius 3 is 2.24 bits per heavy atom. The van der Waals surface area contributed by atoms with E-state index < -0.39 is 15.6 Å². The third-order valence-corrected chi connectivity index (χ3v) is 4.58. The van der Waals surface area contributed by atoms with Crippen molar-refractivity contribution >= 4 is 10.0 Å². The second kappa shape index (κ2) is 7.35. The molecule has 0 saturated heterocycles. The smallest absolute Gasteiger partial charge is 0.241 e. The molecule has 1 aromatic rings. The van der Waals surface area contributed by atoms with Crippen molar-refractivity contribution in [2.24, 2.45) is 0 Å². The lowest BCUT2D eigenvalue weighted by atomic mass is 10.1. The minimum atomic E-state index is -3.54. The molecule has 6 heteroatoms. The van der Waals surface area contributed by atoms with Crippen LogP contribution in [0.3, 0.4) is 0 Å². The molecule has 0 heterocycles. The lowest BCUT2D eigenvalue weighted by Gasteiger charge is -2.24. The van der Waals surface area contributed by atoms with Gasteiger partial charge >= 0.3 is 0 Å². The number of methoxy groups -OCH3 is 1. The second-order valence-corrected chi connectivity index (χ2v) is 7.78. The van der Waals surface area contributed by atoms with Crippen LogP contribution in [0.4, 0.5) is 0 Å². The van der Waals surface area contributed by atoms with E-state index in [0.717, 1.165) is 12.1 Å². The Morgan fingerprint density at radius 2 is 1.76 bits per heavy atom. The molecule has 0 aliphatic heterocycles. The molecule has 0 amide bonds. The van der Waals surface area contributed by atoms with E-state index in [2.05, 4.69) is 23.9 Å². The van der Waals surface area contributed by atoms with Crippen LogP contribution in [0.25, 0.3) is 0 Å². The highest BCUT2D eigenvalue weighted by atomic mass is 32.2. The topological polar surface area (TPSA) is 67.4 Å². The zero-order chi connectivity index (χ0) is 16.1. The quantitative estimate of drug-likeness (QED) is 0.769. The fraction of sp³-hybridized carbons (Fsp3) is 0.600. The van der Waals surface area contributed by atoms with E-state index >= 15 is 0 Å². The summed E-state index contributed by atoms with van der Waals surface area (Å²) in [5.74, 6) is 0. The summed E-state index contributed by atoms with van der Waals surface area (Å²) in [5.41, 5.74) is 0.407. The van der Waals surface area contributed by atoms with E-state index in [4.69, 9.17) is 4.74 Å². The Morgan fingerprint density at radius 1 is 1.19 bits per heavy atom. The Kier molecular flexibility index (Phi) is 6.34. The van der Waals surface area contributed by atoms with Gasteiger partial charge in [0.15, 0.2) is 0 Å². The highest BCUT2D eigenvalue weighted by Gasteiger charge is 2.26. The maximum Gasteiger partial charge on any atom is 0.241 e. The summed E-state index contributed by atoms with van der Waals surface area (Å²) in [7, 11) is -1.99. The maximum atomic E-state index is 12.3. The Balaban J connectivity index is 2.80. The van der Waals surface area contributed by atoms with Gasteiger partial charge in [0.25, 0.3) is 0 Å². The molecule has 1 aromatic carbocycles. The number of rotatable bonds is 8. The molecule has 0 aliphatic carbocycles. The van der Waals surface area contributed by atoms with Crippen molar-refractivity contribution in [2.75, 3.05) is 13.7 Å². The third-order valence-electron chi connectivity index (χ3n) is 2.86. The average Bonchev–Trinajstić information content (AvgIpc) is 2.35. The Hall–Kier alpha value is -0.950. The molecule has 120 valence electrons. The molecule has 0 saturated carbocycles. The summed E-state index contributed by atoms with van der Waals surface area (Å²) in [5, 5.41) is 3.29. The van der Waals surface area contributed by atoms with E-state index in [1.807, 2.05) is 12.1 Å². The normalized spacial score (nSPS) is 12.9. The molecule has 0 aromatic heterocycles. The highest BCUT2D eigenvalue weighted by Crippen LogP contribution is 2.14. The largest absolute Gasteiger partial charge is 0.383 e. The molecule has 0 fully saturated rings. The molecule has 0 aliphatic rings. The minimum Gasteiger partial charge on any atom is -0.383 e. The lowest BCUT2D eigenvalue weighted by Crippen LogP contribution is -2.46. The van der Waals surface area contributed by atoms with Gasteiger partial charge in [-0.2, -0.15) is 0 Å². The van der Waals surface area contributed by atoms with Gasteiger partial charge in [-0.25, -0.2) is 13.1 Å². The van der Waals surface area contributed by atoms with Crippen LogP contribution in [0.15, 0.2) is 29.2 Å². The predicted octanol–water partition coefficient (Wildman–Crippen LogP) is 1.89. The summed E-state index contributed by atoms with van der Waals surface area (Å²) >= 11 is 0. The molecule has 2 N–H and O–H groups in total. The molecule has 21 heavy (non-hydrogen) atoms. The summed E-state index contributed by atoms with van der Waals surface area (Å²) in [4.78, 5) is 0.264. The first kappa shape index (κ1) is 18.1. The van der Waals surface area contributed by atoms with Crippen LogP contribution in [-0.4, -0.2) is 33.7 Å². The summed E-state index contributed by atoms with van der Waals surface area (Å²) in [6.45, 7) is 8.74. The van der Waals surface area contributed by atoms with E-state index in [9.17, 15) is 8.42 Å². The van der Waals surface area contributed by atoms with Crippen LogP contribution in [-0.2, 0) is 21.3 Å². The molecular formula is C15H26N2O3S. The van der Waals surface area contributed by atoms with E-state index in [-0.39, 0.29) is 4.90 Å². The van der Waals surface area contributed by atoms with Crippen molar-refractivity contribution in [3.8, 4) is 0 Å². The van der Waals surface area contributed by atoms with Crippen molar-refractivity contribution in [3.63, 3.8) is 0 Å². The molecule has 0 spiro atoms. The number of sulfonamides is 1. The van der Waals surface area contributed by atoms with E-state index in [1.165, 1.54) is 0 Å². The first-order valence-corrected chi connectivity index (χ1v) is 8.50. The standard InChI is InChI=1S/C15H26N2O3S/c1-12(2)16-10-13-6-8-14(9-7-13)21(18,19)17-15(3,4)11-20-5/h6-9,12,16-17H,10-11H2,1-5H3. The van der Waals surface area contributed by atoms with Gasteiger partial charge in [0.1, 0.15) is 0 Å². The first-order valence-electron chi connectivity index (χ1n) is 7.01. The van der Waals surface area contributed by atoms with E-state index in [1.54, 1.807) is 33.1 Å². The van der Waals surface area contributed by atoms with Crippen LogP contribution in [0.5, 0.6) is 0 Å². The molecule has 5 nitrogen and oxygen atoms in total. The minimum absolute atomic E-state index is 0.264. The molecule has 1 rings (SSSR count). The number of hydrogen-bond donors (Lipinski definition) is 2. The van der Waals surface area contributed by atoms with Gasteiger partial charge in [-0.15, -0.1) is 0 Å². The maximum absolute atomic E-state index is 12.3. The van der Waals surface area contributed by atoms with Gasteiger partial charge in [-0.1, -0.05) is 26.0 Å². The second-order valence-electron chi connectivity index (χ2n) is 6.10. The van der Waals surface area contributed by atoms with Gasteiger partial charge in [0.05, 0.1) is 17.0 Å². The number of hydrogen-bond acceptors (Lipinski definition) is 4. The number of ether oxygens (including phenoxy) is 1. The van der Waals surface area contributed by atoms with Crippen molar-refractivity contribution in [1.29, 1.82) is 0 Å². The van der Waals surface area contributed by atoms with Gasteiger partial charge in [0.2, 0.25) is 10.0 Å². The molecular weight excluding hydrogens is 288 g/mol. The highest BCUT2D eigenvalue weighted by molar-refractivity contribution is 7.89. The molecule has 0 bridgehead atoms. The van der Waals surface area contributed by atoms with Crippen LogP contribution in [0.1, 0.15) is 33.3 Å². The Bertz CT molecular complexity index is 537. The van der Waals surface area contributed by atoms with Crippen molar-refractivity contribution < 1.29 is 13.2 Å². The number of benzene rings is 1. The van der Waals surface area contributed by atoms with Gasteiger partial charge in [-0.05, 0) is 31.5 Å². The van der Waals surface area contributed by atoms with Crippen molar-refractivity contribution in [3.05, 3.63) is 29.8 Å². The SMILES string of the molecule is COCC(C)(C)NS(=O)(=O)c1ccc(CNC(C)C)cc1. The Labute approximate surface area is 128 Å². The van der Waals surface area contributed by atoms with Crippen molar-refractivity contribution in [2.45, 2.75) is 50.7 Å². The average molecular weight is 314 g/mol. The lowest BCUT2D eigenvalue weighted by molar-refractivity contribution is 0.141. The zero-order valence-electron chi connectivity index (χ0n) is 13.4. The molecule has 0 atom stereocenters. The molecule has 0 unspecified atom stereocenters. The zero-order valence-corrected chi connectivity index (χ0v) is 14.3. The fourth-order valence-electron chi connectivity index (χ4n) is 1.92. The van der Waals surface area contributed by atoms with E-state index in [0.29, 0.717) is 12.6 Å². The summed E-state index contributed by atoms with van der Waals surface area (Å²) < 4.78 is 32.3. The summed E-state index contributed by atoms with van der Waals surface area (Å²) in [6, 6.07) is 7.30. The predicted molar refractivity (Wildman–Crippen MR) is 84.7 cm³/mol. The van der Waals surface area contributed by atoms with Crippen LogP contribution >= 0.6 is 0 Å². The third kappa shape index (κ3) is 6.13. The summed E-state index contributed by atoms with van der Waals surface area (Å²) in [6.07, 6.45) is 0. The van der Waals surface area contributed by atoms with Gasteiger partial charge in [0, 0.05) is 19.7 Å². The van der Waals surface area contributed by atoms with Crippen LogP contribution < -0.4 is 10.0 Å². The first-order chi connectivity index (χ1) is 9.66. The van der Waals surface area contributed by atoms with Crippen molar-refractivity contribution in [1.82, 2.24) is 10.0 Å². The van der Waals surface area contributed by atoms with Crippen LogP contribution in [0.2, 0.25) is 0 Å². The van der Waals surface area contributed by atoms with Gasteiger partial charge < -0.3 is 10.1 Å².